The van der Waals surface area contributed by atoms with Gasteiger partial charge in [0.15, 0.2) is 0 Å². The van der Waals surface area contributed by atoms with Gasteiger partial charge in [-0.05, 0) is 35.4 Å². The van der Waals surface area contributed by atoms with Gasteiger partial charge in [0.25, 0.3) is 0 Å². The van der Waals surface area contributed by atoms with Crippen molar-refractivity contribution in [2.45, 2.75) is 45.4 Å². The molecule has 0 amide bonds. The fourth-order valence-corrected chi connectivity index (χ4v) is 2.48. The summed E-state index contributed by atoms with van der Waals surface area (Å²) in [5.74, 6) is 0.888. The molecule has 0 aliphatic carbocycles. The maximum atomic E-state index is 10.8. The van der Waals surface area contributed by atoms with Gasteiger partial charge in [-0.25, -0.2) is 0 Å². The van der Waals surface area contributed by atoms with E-state index in [0.29, 0.717) is 5.56 Å². The monoisotopic (exact) mass is 284 g/mol. The fourth-order valence-electron chi connectivity index (χ4n) is 2.48. The zero-order valence-electron chi connectivity index (χ0n) is 12.8. The Kier molecular flexibility index (Phi) is 6.26. The van der Waals surface area contributed by atoms with Crippen LogP contribution < -0.4 is 4.74 Å². The van der Waals surface area contributed by atoms with Crippen LogP contribution in [0.5, 0.6) is 5.75 Å². The summed E-state index contributed by atoms with van der Waals surface area (Å²) in [6, 6.07) is 11.8. The lowest BCUT2D eigenvalue weighted by atomic mass is 10.1. The topological polar surface area (TPSA) is 26.3 Å². The lowest BCUT2D eigenvalue weighted by Gasteiger charge is -2.07. The molecule has 0 unspecified atom stereocenters. The van der Waals surface area contributed by atoms with Gasteiger partial charge in [0, 0.05) is 5.56 Å². The maximum absolute atomic E-state index is 10.8. The third-order valence-corrected chi connectivity index (χ3v) is 3.74. The van der Waals surface area contributed by atoms with Crippen molar-refractivity contribution < 1.29 is 9.53 Å². The molecule has 0 saturated carbocycles. The highest BCUT2D eigenvalue weighted by Gasteiger charge is 1.99. The number of fused-ring (bicyclic) bond motifs is 1. The predicted molar refractivity (Wildman–Crippen MR) is 88.2 cm³/mol. The number of carbonyl (C=O) groups excluding carboxylic acids is 1. The molecule has 112 valence electrons. The van der Waals surface area contributed by atoms with Crippen LogP contribution in [-0.2, 0) is 0 Å². The van der Waals surface area contributed by atoms with E-state index in [9.17, 15) is 4.79 Å². The number of carbonyl (C=O) groups is 1. The Morgan fingerprint density at radius 1 is 0.905 bits per heavy atom. The van der Waals surface area contributed by atoms with Gasteiger partial charge < -0.3 is 4.74 Å². The normalized spacial score (nSPS) is 10.7. The third-order valence-electron chi connectivity index (χ3n) is 3.74. The first kappa shape index (κ1) is 15.6. The number of aldehydes is 1. The van der Waals surface area contributed by atoms with Crippen LogP contribution in [0.4, 0.5) is 0 Å². The zero-order chi connectivity index (χ0) is 14.9. The number of benzene rings is 2. The minimum atomic E-state index is 0.704. The van der Waals surface area contributed by atoms with Crippen molar-refractivity contribution in [1.82, 2.24) is 0 Å². The van der Waals surface area contributed by atoms with Crippen LogP contribution in [0, 0.1) is 0 Å². The highest BCUT2D eigenvalue weighted by atomic mass is 16.5. The molecule has 0 aliphatic heterocycles. The molecule has 0 aliphatic rings. The van der Waals surface area contributed by atoms with Gasteiger partial charge in [-0.15, -0.1) is 0 Å². The number of hydrogen-bond donors (Lipinski definition) is 0. The van der Waals surface area contributed by atoms with E-state index in [1.165, 1.54) is 32.1 Å². The zero-order valence-corrected chi connectivity index (χ0v) is 12.8. The third kappa shape index (κ3) is 4.89. The number of rotatable bonds is 9. The van der Waals surface area contributed by atoms with E-state index in [4.69, 9.17) is 4.74 Å². The Morgan fingerprint density at radius 3 is 2.48 bits per heavy atom. The van der Waals surface area contributed by atoms with Crippen molar-refractivity contribution in [2.24, 2.45) is 0 Å². The molecule has 2 nitrogen and oxygen atoms in total. The quantitative estimate of drug-likeness (QED) is 0.455. The average molecular weight is 284 g/mol. The molecule has 0 fully saturated rings. The Morgan fingerprint density at radius 2 is 1.67 bits per heavy atom. The molecular weight excluding hydrogens is 260 g/mol. The smallest absolute Gasteiger partial charge is 0.150 e. The van der Waals surface area contributed by atoms with Crippen LogP contribution in [0.2, 0.25) is 0 Å². The van der Waals surface area contributed by atoms with E-state index in [1.807, 2.05) is 36.4 Å². The molecule has 2 heteroatoms. The first-order chi connectivity index (χ1) is 10.3. The van der Waals surface area contributed by atoms with Crippen LogP contribution in [-0.4, -0.2) is 12.9 Å². The van der Waals surface area contributed by atoms with Crippen molar-refractivity contribution in [3.63, 3.8) is 0 Å². The summed E-state index contributed by atoms with van der Waals surface area (Å²) in [4.78, 5) is 10.8. The summed E-state index contributed by atoms with van der Waals surface area (Å²) < 4.78 is 5.81. The first-order valence-electron chi connectivity index (χ1n) is 7.95. The summed E-state index contributed by atoms with van der Waals surface area (Å²) >= 11 is 0. The van der Waals surface area contributed by atoms with Crippen molar-refractivity contribution in [3.8, 4) is 5.75 Å². The fraction of sp³-hybridized carbons (Fsp3) is 0.421. The van der Waals surface area contributed by atoms with Crippen LogP contribution in [0.15, 0.2) is 36.4 Å². The lowest BCUT2D eigenvalue weighted by molar-refractivity contribution is 0.112. The minimum Gasteiger partial charge on any atom is -0.494 e. The van der Waals surface area contributed by atoms with Crippen molar-refractivity contribution in [2.75, 3.05) is 6.61 Å². The maximum Gasteiger partial charge on any atom is 0.150 e. The Bertz CT molecular complexity index is 575. The van der Waals surface area contributed by atoms with E-state index in [-0.39, 0.29) is 0 Å². The van der Waals surface area contributed by atoms with Crippen LogP contribution >= 0.6 is 0 Å². The molecule has 0 N–H and O–H groups in total. The highest BCUT2D eigenvalue weighted by Crippen LogP contribution is 2.22. The molecule has 21 heavy (non-hydrogen) atoms. The molecular formula is C19H24O2. The Hall–Kier alpha value is -1.83. The van der Waals surface area contributed by atoms with Crippen molar-refractivity contribution in [3.05, 3.63) is 42.0 Å². The second-order valence-corrected chi connectivity index (χ2v) is 5.50. The van der Waals surface area contributed by atoms with Crippen molar-refractivity contribution >= 4 is 17.1 Å². The molecule has 2 rings (SSSR count). The molecule has 2 aromatic rings. The molecule has 0 saturated heterocycles. The minimum absolute atomic E-state index is 0.704. The molecule has 2 aromatic carbocycles. The van der Waals surface area contributed by atoms with E-state index in [0.717, 1.165) is 35.8 Å². The first-order valence-corrected chi connectivity index (χ1v) is 7.95. The second-order valence-electron chi connectivity index (χ2n) is 5.50. The van der Waals surface area contributed by atoms with Gasteiger partial charge in [0.2, 0.25) is 0 Å². The molecule has 0 spiro atoms. The van der Waals surface area contributed by atoms with E-state index < -0.39 is 0 Å². The highest BCUT2D eigenvalue weighted by molar-refractivity contribution is 5.89. The SMILES string of the molecule is CCCCCCCCOc1ccc2ccc(C=O)cc2c1. The predicted octanol–water partition coefficient (Wildman–Crippen LogP) is 5.39. The van der Waals surface area contributed by atoms with Crippen LogP contribution in [0.25, 0.3) is 10.8 Å². The average Bonchev–Trinajstić information content (AvgIpc) is 2.53. The summed E-state index contributed by atoms with van der Waals surface area (Å²) in [5, 5.41) is 2.19. The van der Waals surface area contributed by atoms with Gasteiger partial charge >= 0.3 is 0 Å². The van der Waals surface area contributed by atoms with Gasteiger partial charge in [-0.1, -0.05) is 57.2 Å². The van der Waals surface area contributed by atoms with E-state index in [2.05, 4.69) is 6.92 Å². The molecule has 0 heterocycles. The standard InChI is InChI=1S/C19H24O2/c1-2-3-4-5-6-7-12-21-19-11-10-17-9-8-16(15-20)13-18(17)14-19/h8-11,13-15H,2-7,12H2,1H3. The summed E-state index contributed by atoms with van der Waals surface area (Å²) in [5.41, 5.74) is 0.704. The summed E-state index contributed by atoms with van der Waals surface area (Å²) in [6.07, 6.45) is 8.49. The lowest BCUT2D eigenvalue weighted by Crippen LogP contribution is -1.97. The number of ether oxygens (including phenoxy) is 1. The number of unbranched alkanes of at least 4 members (excludes halogenated alkanes) is 5. The Balaban J connectivity index is 1.83. The van der Waals surface area contributed by atoms with Gasteiger partial charge in [-0.3, -0.25) is 4.79 Å². The van der Waals surface area contributed by atoms with Crippen LogP contribution in [0.1, 0.15) is 55.8 Å². The summed E-state index contributed by atoms with van der Waals surface area (Å²) in [6.45, 7) is 3.00. The largest absolute Gasteiger partial charge is 0.494 e. The van der Waals surface area contributed by atoms with Gasteiger partial charge in [0.05, 0.1) is 6.61 Å². The van der Waals surface area contributed by atoms with Crippen LogP contribution in [0.3, 0.4) is 0 Å². The van der Waals surface area contributed by atoms with Gasteiger partial charge in [-0.2, -0.15) is 0 Å². The number of hydrogen-bond acceptors (Lipinski definition) is 2. The molecule has 0 radical (unpaired) electrons. The Labute approximate surface area is 127 Å². The second kappa shape index (κ2) is 8.46. The molecule has 0 atom stereocenters. The van der Waals surface area contributed by atoms with E-state index >= 15 is 0 Å². The van der Waals surface area contributed by atoms with Crippen molar-refractivity contribution in [1.29, 1.82) is 0 Å². The molecule has 0 bridgehead atoms. The van der Waals surface area contributed by atoms with Gasteiger partial charge in [0.1, 0.15) is 12.0 Å². The summed E-state index contributed by atoms with van der Waals surface area (Å²) in [7, 11) is 0. The van der Waals surface area contributed by atoms with E-state index in [1.54, 1.807) is 0 Å². The molecule has 0 aromatic heterocycles.